The number of aliphatic hydroxyl groups is 1. The van der Waals surface area contributed by atoms with E-state index in [9.17, 15) is 5.11 Å². The summed E-state index contributed by atoms with van der Waals surface area (Å²) < 4.78 is 0. The molecular formula is C16H31N3O. The predicted molar refractivity (Wildman–Crippen MR) is 81.9 cm³/mol. The molecule has 1 aliphatic carbocycles. The third-order valence-electron chi connectivity index (χ3n) is 5.35. The highest BCUT2D eigenvalue weighted by atomic mass is 16.3. The number of rotatable bonds is 5. The molecule has 0 amide bonds. The molecular weight excluding hydrogens is 250 g/mol. The molecule has 2 heterocycles. The highest BCUT2D eigenvalue weighted by Crippen LogP contribution is 2.27. The van der Waals surface area contributed by atoms with Gasteiger partial charge in [0, 0.05) is 37.8 Å². The first kappa shape index (κ1) is 14.8. The summed E-state index contributed by atoms with van der Waals surface area (Å²) in [5.74, 6) is 0. The molecule has 3 unspecified atom stereocenters. The fraction of sp³-hybridized carbons (Fsp3) is 1.00. The molecule has 3 aliphatic rings. The van der Waals surface area contributed by atoms with Crippen LogP contribution in [0, 0.1) is 0 Å². The zero-order valence-electron chi connectivity index (χ0n) is 13.1. The summed E-state index contributed by atoms with van der Waals surface area (Å²) in [7, 11) is 0. The van der Waals surface area contributed by atoms with E-state index in [0.29, 0.717) is 12.1 Å². The van der Waals surface area contributed by atoms with Gasteiger partial charge < -0.3 is 10.4 Å². The van der Waals surface area contributed by atoms with E-state index in [1.807, 2.05) is 0 Å². The molecule has 1 saturated carbocycles. The van der Waals surface area contributed by atoms with E-state index in [1.54, 1.807) is 0 Å². The minimum absolute atomic E-state index is 0.133. The molecule has 0 aromatic heterocycles. The Kier molecular flexibility index (Phi) is 4.37. The summed E-state index contributed by atoms with van der Waals surface area (Å²) >= 11 is 0. The van der Waals surface area contributed by atoms with Crippen LogP contribution in [0.4, 0.5) is 0 Å². The van der Waals surface area contributed by atoms with Gasteiger partial charge in [0.1, 0.15) is 0 Å². The van der Waals surface area contributed by atoms with Crippen molar-refractivity contribution < 1.29 is 5.11 Å². The molecule has 4 nitrogen and oxygen atoms in total. The monoisotopic (exact) mass is 281 g/mol. The fourth-order valence-electron chi connectivity index (χ4n) is 3.94. The van der Waals surface area contributed by atoms with Gasteiger partial charge >= 0.3 is 0 Å². The summed E-state index contributed by atoms with van der Waals surface area (Å²) in [4.78, 5) is 5.30. The first-order chi connectivity index (χ1) is 9.59. The van der Waals surface area contributed by atoms with Crippen molar-refractivity contribution in [2.24, 2.45) is 0 Å². The molecule has 0 bridgehead atoms. The molecule has 3 rings (SSSR count). The molecule has 2 aliphatic heterocycles. The number of fused-ring (bicyclic) bond motifs is 1. The third-order valence-corrected chi connectivity index (χ3v) is 5.35. The lowest BCUT2D eigenvalue weighted by atomic mass is 9.94. The van der Waals surface area contributed by atoms with Crippen molar-refractivity contribution in [1.29, 1.82) is 0 Å². The van der Waals surface area contributed by atoms with Crippen molar-refractivity contribution in [1.82, 2.24) is 15.1 Å². The molecule has 2 saturated heterocycles. The van der Waals surface area contributed by atoms with Crippen molar-refractivity contribution in [3.8, 4) is 0 Å². The second kappa shape index (κ2) is 5.91. The lowest BCUT2D eigenvalue weighted by molar-refractivity contribution is -0.00492. The van der Waals surface area contributed by atoms with Crippen molar-refractivity contribution in [2.45, 2.75) is 69.6 Å². The third kappa shape index (κ3) is 3.35. The molecule has 0 aromatic rings. The Morgan fingerprint density at radius 2 is 2.00 bits per heavy atom. The van der Waals surface area contributed by atoms with Crippen LogP contribution in [0.5, 0.6) is 0 Å². The molecule has 20 heavy (non-hydrogen) atoms. The standard InChI is InChI=1S/C16H31N3O/c1-13-9-18-8-4-3-5-15(18)10-19(13)11-16(2,12-20)17-14-6-7-14/h13-15,17,20H,3-12H2,1-2H3. The van der Waals surface area contributed by atoms with Crippen LogP contribution >= 0.6 is 0 Å². The number of hydrogen-bond acceptors (Lipinski definition) is 4. The van der Waals surface area contributed by atoms with Crippen LogP contribution in [-0.4, -0.2) is 71.4 Å². The van der Waals surface area contributed by atoms with Crippen LogP contribution in [0.3, 0.4) is 0 Å². The quantitative estimate of drug-likeness (QED) is 0.790. The normalized spacial score (nSPS) is 35.5. The van der Waals surface area contributed by atoms with E-state index in [-0.39, 0.29) is 12.1 Å². The fourth-order valence-corrected chi connectivity index (χ4v) is 3.94. The molecule has 0 aromatic carbocycles. The topological polar surface area (TPSA) is 38.7 Å². The Morgan fingerprint density at radius 1 is 1.20 bits per heavy atom. The maximum atomic E-state index is 9.81. The van der Waals surface area contributed by atoms with Crippen molar-refractivity contribution in [3.63, 3.8) is 0 Å². The van der Waals surface area contributed by atoms with Gasteiger partial charge in [0.25, 0.3) is 0 Å². The van der Waals surface area contributed by atoms with Gasteiger partial charge in [-0.15, -0.1) is 0 Å². The summed E-state index contributed by atoms with van der Waals surface area (Å²) in [6, 6.07) is 2.01. The Labute approximate surface area is 123 Å². The Morgan fingerprint density at radius 3 is 2.70 bits per heavy atom. The number of piperazine rings is 1. The number of hydrogen-bond donors (Lipinski definition) is 2. The highest BCUT2D eigenvalue weighted by Gasteiger charge is 2.38. The van der Waals surface area contributed by atoms with Crippen LogP contribution in [-0.2, 0) is 0 Å². The second-order valence-electron chi connectivity index (χ2n) is 7.56. The number of nitrogens with zero attached hydrogens (tertiary/aromatic N) is 2. The zero-order chi connectivity index (χ0) is 14.2. The number of nitrogens with one attached hydrogen (secondary N) is 1. The summed E-state index contributed by atoms with van der Waals surface area (Å²) in [6.45, 7) is 9.43. The van der Waals surface area contributed by atoms with E-state index in [1.165, 1.54) is 51.7 Å². The largest absolute Gasteiger partial charge is 0.394 e. The molecule has 0 radical (unpaired) electrons. The highest BCUT2D eigenvalue weighted by molar-refractivity contribution is 4.97. The van der Waals surface area contributed by atoms with E-state index in [2.05, 4.69) is 29.0 Å². The van der Waals surface area contributed by atoms with Gasteiger partial charge in [-0.25, -0.2) is 0 Å². The molecule has 116 valence electrons. The Hall–Kier alpha value is -0.160. The minimum atomic E-state index is -0.133. The van der Waals surface area contributed by atoms with Crippen molar-refractivity contribution >= 4 is 0 Å². The smallest absolute Gasteiger partial charge is 0.0623 e. The van der Waals surface area contributed by atoms with Gasteiger partial charge in [-0.05, 0) is 46.1 Å². The summed E-state index contributed by atoms with van der Waals surface area (Å²) in [6.07, 6.45) is 6.68. The SMILES string of the molecule is CC1CN2CCCCC2CN1CC(C)(CO)NC1CC1. The second-order valence-corrected chi connectivity index (χ2v) is 7.56. The molecule has 0 spiro atoms. The maximum Gasteiger partial charge on any atom is 0.0623 e. The zero-order valence-corrected chi connectivity index (χ0v) is 13.1. The first-order valence-corrected chi connectivity index (χ1v) is 8.46. The van der Waals surface area contributed by atoms with E-state index < -0.39 is 0 Å². The van der Waals surface area contributed by atoms with Gasteiger partial charge in [-0.3, -0.25) is 9.80 Å². The summed E-state index contributed by atoms with van der Waals surface area (Å²) in [5.41, 5.74) is -0.133. The summed E-state index contributed by atoms with van der Waals surface area (Å²) in [5, 5.41) is 13.5. The lowest BCUT2D eigenvalue weighted by Gasteiger charge is -2.49. The number of piperidine rings is 1. The van der Waals surface area contributed by atoms with Crippen molar-refractivity contribution in [3.05, 3.63) is 0 Å². The van der Waals surface area contributed by atoms with Gasteiger partial charge in [0.2, 0.25) is 0 Å². The Bertz CT molecular complexity index is 334. The van der Waals surface area contributed by atoms with E-state index in [0.717, 1.165) is 12.6 Å². The molecule has 4 heteroatoms. The predicted octanol–water partition coefficient (Wildman–Crippen LogP) is 1.05. The molecule has 3 atom stereocenters. The van der Waals surface area contributed by atoms with Crippen molar-refractivity contribution in [2.75, 3.05) is 32.8 Å². The van der Waals surface area contributed by atoms with Crippen LogP contribution < -0.4 is 5.32 Å². The molecule has 3 fully saturated rings. The lowest BCUT2D eigenvalue weighted by Crippen LogP contribution is -2.63. The minimum Gasteiger partial charge on any atom is -0.394 e. The van der Waals surface area contributed by atoms with Gasteiger partial charge in [-0.2, -0.15) is 0 Å². The van der Waals surface area contributed by atoms with Gasteiger partial charge in [0.15, 0.2) is 0 Å². The average Bonchev–Trinajstić information content (AvgIpc) is 3.23. The van der Waals surface area contributed by atoms with Crippen LogP contribution in [0.2, 0.25) is 0 Å². The van der Waals surface area contributed by atoms with E-state index in [4.69, 9.17) is 0 Å². The first-order valence-electron chi connectivity index (χ1n) is 8.46. The average molecular weight is 281 g/mol. The maximum absolute atomic E-state index is 9.81. The Balaban J connectivity index is 1.60. The molecule has 2 N–H and O–H groups in total. The van der Waals surface area contributed by atoms with Crippen LogP contribution in [0.1, 0.15) is 46.0 Å². The van der Waals surface area contributed by atoms with Crippen LogP contribution in [0.15, 0.2) is 0 Å². The van der Waals surface area contributed by atoms with Gasteiger partial charge in [0.05, 0.1) is 12.1 Å². The number of aliphatic hydroxyl groups excluding tert-OH is 1. The van der Waals surface area contributed by atoms with Gasteiger partial charge in [-0.1, -0.05) is 6.42 Å². The van der Waals surface area contributed by atoms with E-state index >= 15 is 0 Å². The van der Waals surface area contributed by atoms with Crippen LogP contribution in [0.25, 0.3) is 0 Å².